The van der Waals surface area contributed by atoms with Crippen LogP contribution in [0.5, 0.6) is 0 Å². The standard InChI is InChI=1S/C19H27N3O3/c1-13(2)10-15(20)19(25)21-16-8-9-18(24)22(12-17(16)23)11-14-6-4-3-5-7-14/h3-7,13,15-16H,8-12,20H2,1-2H3,(H,21,25)/t15-,16-/m0/s1. The molecule has 25 heavy (non-hydrogen) atoms. The van der Waals surface area contributed by atoms with Crippen LogP contribution < -0.4 is 11.1 Å². The van der Waals surface area contributed by atoms with Gasteiger partial charge in [-0.3, -0.25) is 14.4 Å². The van der Waals surface area contributed by atoms with Gasteiger partial charge in [-0.25, -0.2) is 0 Å². The van der Waals surface area contributed by atoms with Crippen molar-refractivity contribution in [3.63, 3.8) is 0 Å². The highest BCUT2D eigenvalue weighted by Gasteiger charge is 2.31. The Labute approximate surface area is 148 Å². The van der Waals surface area contributed by atoms with Crippen molar-refractivity contribution in [3.05, 3.63) is 35.9 Å². The molecule has 1 aromatic carbocycles. The maximum atomic E-state index is 12.5. The van der Waals surface area contributed by atoms with E-state index >= 15 is 0 Å². The summed E-state index contributed by atoms with van der Waals surface area (Å²) < 4.78 is 0. The third-order valence-electron chi connectivity index (χ3n) is 4.33. The molecule has 6 nitrogen and oxygen atoms in total. The molecule has 2 rings (SSSR count). The Hall–Kier alpha value is -2.21. The predicted molar refractivity (Wildman–Crippen MR) is 95.5 cm³/mol. The highest BCUT2D eigenvalue weighted by Crippen LogP contribution is 2.14. The van der Waals surface area contributed by atoms with Crippen molar-refractivity contribution < 1.29 is 14.4 Å². The second kappa shape index (κ2) is 8.76. The molecular formula is C19H27N3O3. The van der Waals surface area contributed by atoms with Crippen molar-refractivity contribution >= 4 is 17.6 Å². The predicted octanol–water partition coefficient (Wildman–Crippen LogP) is 1.24. The number of nitrogens with zero attached hydrogens (tertiary/aromatic N) is 1. The number of amides is 2. The summed E-state index contributed by atoms with van der Waals surface area (Å²) >= 11 is 0. The summed E-state index contributed by atoms with van der Waals surface area (Å²) in [7, 11) is 0. The molecule has 0 saturated carbocycles. The summed E-state index contributed by atoms with van der Waals surface area (Å²) in [5.74, 6) is -0.239. The Balaban J connectivity index is 1.97. The molecule has 0 aromatic heterocycles. The fraction of sp³-hybridized carbons (Fsp3) is 0.526. The number of hydrogen-bond acceptors (Lipinski definition) is 4. The first kappa shape index (κ1) is 19.1. The Morgan fingerprint density at radius 3 is 2.60 bits per heavy atom. The number of likely N-dealkylation sites (tertiary alicyclic amines) is 1. The number of ketones is 1. The van der Waals surface area contributed by atoms with Gasteiger partial charge in [0.15, 0.2) is 5.78 Å². The second-order valence-electron chi connectivity index (χ2n) is 7.04. The summed E-state index contributed by atoms with van der Waals surface area (Å²) in [6, 6.07) is 8.28. The molecule has 0 aliphatic carbocycles. The number of Topliss-reactive ketones (excluding diaryl/α,β-unsaturated/α-hetero) is 1. The summed E-state index contributed by atoms with van der Waals surface area (Å²) in [6.45, 7) is 4.39. The molecule has 1 fully saturated rings. The smallest absolute Gasteiger partial charge is 0.237 e. The first-order valence-electron chi connectivity index (χ1n) is 8.77. The van der Waals surface area contributed by atoms with Crippen LogP contribution in [0.1, 0.15) is 38.7 Å². The van der Waals surface area contributed by atoms with Gasteiger partial charge in [0.05, 0.1) is 18.6 Å². The van der Waals surface area contributed by atoms with E-state index in [-0.39, 0.29) is 30.6 Å². The molecule has 3 N–H and O–H groups in total. The lowest BCUT2D eigenvalue weighted by molar-refractivity contribution is -0.134. The highest BCUT2D eigenvalue weighted by atomic mass is 16.2. The van der Waals surface area contributed by atoms with E-state index in [0.29, 0.717) is 25.3 Å². The van der Waals surface area contributed by atoms with E-state index in [0.717, 1.165) is 5.56 Å². The van der Waals surface area contributed by atoms with Gasteiger partial charge in [-0.1, -0.05) is 44.2 Å². The zero-order chi connectivity index (χ0) is 18.4. The lowest BCUT2D eigenvalue weighted by Crippen LogP contribution is -2.49. The van der Waals surface area contributed by atoms with Crippen LogP contribution >= 0.6 is 0 Å². The van der Waals surface area contributed by atoms with Gasteiger partial charge < -0.3 is 16.0 Å². The van der Waals surface area contributed by atoms with Crippen molar-refractivity contribution in [2.75, 3.05) is 6.54 Å². The van der Waals surface area contributed by atoms with Crippen LogP contribution in [0.25, 0.3) is 0 Å². The topological polar surface area (TPSA) is 92.5 Å². The Bertz CT molecular complexity index is 616. The fourth-order valence-electron chi connectivity index (χ4n) is 2.97. The molecule has 1 aliphatic heterocycles. The number of carbonyl (C=O) groups is 3. The van der Waals surface area contributed by atoms with E-state index in [4.69, 9.17) is 5.73 Å². The zero-order valence-electron chi connectivity index (χ0n) is 14.9. The van der Waals surface area contributed by atoms with Crippen LogP contribution in [0.2, 0.25) is 0 Å². The number of benzene rings is 1. The molecule has 136 valence electrons. The SMILES string of the molecule is CC(C)C[C@H](N)C(=O)N[C@H]1CCC(=O)N(Cc2ccccc2)CC1=O. The van der Waals surface area contributed by atoms with Gasteiger partial charge in [0.1, 0.15) is 0 Å². The van der Waals surface area contributed by atoms with Crippen LogP contribution in [0.4, 0.5) is 0 Å². The van der Waals surface area contributed by atoms with Gasteiger partial charge in [0.25, 0.3) is 0 Å². The third kappa shape index (κ3) is 5.67. The van der Waals surface area contributed by atoms with E-state index in [2.05, 4.69) is 5.32 Å². The highest BCUT2D eigenvalue weighted by molar-refractivity contribution is 5.95. The van der Waals surface area contributed by atoms with Gasteiger partial charge in [-0.05, 0) is 24.3 Å². The lowest BCUT2D eigenvalue weighted by Gasteiger charge is -2.21. The summed E-state index contributed by atoms with van der Waals surface area (Å²) in [4.78, 5) is 38.5. The molecule has 0 bridgehead atoms. The minimum atomic E-state index is -0.643. The van der Waals surface area contributed by atoms with Crippen molar-refractivity contribution in [2.45, 2.75) is 51.7 Å². The van der Waals surface area contributed by atoms with Crippen molar-refractivity contribution in [1.29, 1.82) is 0 Å². The molecule has 1 heterocycles. The zero-order valence-corrected chi connectivity index (χ0v) is 14.9. The number of hydrogen-bond donors (Lipinski definition) is 2. The van der Waals surface area contributed by atoms with Crippen molar-refractivity contribution in [1.82, 2.24) is 10.2 Å². The largest absolute Gasteiger partial charge is 0.345 e. The van der Waals surface area contributed by atoms with E-state index < -0.39 is 12.1 Å². The van der Waals surface area contributed by atoms with E-state index in [1.807, 2.05) is 44.2 Å². The maximum Gasteiger partial charge on any atom is 0.237 e. The number of rotatable bonds is 6. The number of nitrogens with one attached hydrogen (secondary N) is 1. The van der Waals surface area contributed by atoms with Crippen LogP contribution in [0.15, 0.2) is 30.3 Å². The summed E-state index contributed by atoms with van der Waals surface area (Å²) in [5.41, 5.74) is 6.85. The molecule has 1 aromatic rings. The molecule has 2 amide bonds. The number of nitrogens with two attached hydrogens (primary N) is 1. The average molecular weight is 345 g/mol. The quantitative estimate of drug-likeness (QED) is 0.811. The van der Waals surface area contributed by atoms with Crippen LogP contribution in [-0.2, 0) is 20.9 Å². The Morgan fingerprint density at radius 2 is 1.96 bits per heavy atom. The average Bonchev–Trinajstić information content (AvgIpc) is 2.69. The van der Waals surface area contributed by atoms with E-state index in [1.165, 1.54) is 0 Å². The van der Waals surface area contributed by atoms with Crippen LogP contribution in [-0.4, -0.2) is 41.1 Å². The van der Waals surface area contributed by atoms with Crippen molar-refractivity contribution in [3.8, 4) is 0 Å². The third-order valence-corrected chi connectivity index (χ3v) is 4.33. The minimum absolute atomic E-state index is 0.0120. The first-order chi connectivity index (χ1) is 11.9. The van der Waals surface area contributed by atoms with Crippen LogP contribution in [0, 0.1) is 5.92 Å². The molecule has 6 heteroatoms. The maximum absolute atomic E-state index is 12.5. The summed E-state index contributed by atoms with van der Waals surface area (Å²) in [6.07, 6.45) is 1.12. The van der Waals surface area contributed by atoms with Gasteiger partial charge in [-0.15, -0.1) is 0 Å². The normalized spacial score (nSPS) is 19.7. The lowest BCUT2D eigenvalue weighted by atomic mass is 10.0. The molecule has 1 saturated heterocycles. The van der Waals surface area contributed by atoms with Gasteiger partial charge in [0, 0.05) is 13.0 Å². The minimum Gasteiger partial charge on any atom is -0.345 e. The Morgan fingerprint density at radius 1 is 1.28 bits per heavy atom. The molecule has 0 spiro atoms. The van der Waals surface area contributed by atoms with Gasteiger partial charge in [0.2, 0.25) is 11.8 Å². The van der Waals surface area contributed by atoms with Crippen molar-refractivity contribution in [2.24, 2.45) is 11.7 Å². The summed E-state index contributed by atoms with van der Waals surface area (Å²) in [5, 5.41) is 2.73. The second-order valence-corrected chi connectivity index (χ2v) is 7.04. The molecule has 0 radical (unpaired) electrons. The monoisotopic (exact) mass is 345 g/mol. The first-order valence-corrected chi connectivity index (χ1v) is 8.77. The van der Waals surface area contributed by atoms with E-state index in [1.54, 1.807) is 4.90 Å². The number of carbonyl (C=O) groups excluding carboxylic acids is 3. The molecular weight excluding hydrogens is 318 g/mol. The molecule has 1 aliphatic rings. The molecule has 2 atom stereocenters. The van der Waals surface area contributed by atoms with Gasteiger partial charge >= 0.3 is 0 Å². The molecule has 0 unspecified atom stereocenters. The van der Waals surface area contributed by atoms with E-state index in [9.17, 15) is 14.4 Å². The fourth-order valence-corrected chi connectivity index (χ4v) is 2.97. The van der Waals surface area contributed by atoms with Crippen LogP contribution in [0.3, 0.4) is 0 Å². The van der Waals surface area contributed by atoms with Gasteiger partial charge in [-0.2, -0.15) is 0 Å². The Kier molecular flexibility index (Phi) is 6.70.